The average Bonchev–Trinajstić information content (AvgIpc) is 3.09. The number of carbonyl (C=O) groups excluding carboxylic acids is 2. The van der Waals surface area contributed by atoms with E-state index in [4.69, 9.17) is 10.00 Å². The molecule has 1 atom stereocenters. The molecule has 1 N–H and O–H groups in total. The van der Waals surface area contributed by atoms with Crippen molar-refractivity contribution in [2.45, 2.75) is 26.0 Å². The fourth-order valence-electron chi connectivity index (χ4n) is 3.89. The number of hydrogen-bond acceptors (Lipinski definition) is 5. The van der Waals surface area contributed by atoms with Crippen molar-refractivity contribution in [1.29, 1.82) is 5.26 Å². The van der Waals surface area contributed by atoms with Gasteiger partial charge in [-0.15, -0.1) is 0 Å². The summed E-state index contributed by atoms with van der Waals surface area (Å²) in [4.78, 5) is 27.7. The molecule has 1 heterocycles. The lowest BCUT2D eigenvalue weighted by molar-refractivity contribution is -0.132. The number of nitrogens with zero attached hydrogens (tertiary/aromatic N) is 2. The highest BCUT2D eigenvalue weighted by atomic mass is 16.5. The Kier molecular flexibility index (Phi) is 5.97. The van der Waals surface area contributed by atoms with E-state index in [0.29, 0.717) is 28.1 Å². The number of carbonyl (C=O) groups is 2. The second kappa shape index (κ2) is 9.01. The predicted octanol–water partition coefficient (Wildman–Crippen LogP) is 4.97. The average molecular weight is 438 g/mol. The van der Waals surface area contributed by atoms with Crippen molar-refractivity contribution in [1.82, 2.24) is 0 Å². The number of aliphatic hydroxyl groups is 1. The van der Waals surface area contributed by atoms with Crippen LogP contribution in [0, 0.1) is 11.3 Å². The molecule has 6 nitrogen and oxygen atoms in total. The van der Waals surface area contributed by atoms with Gasteiger partial charge in [0.1, 0.15) is 11.5 Å². The summed E-state index contributed by atoms with van der Waals surface area (Å²) < 4.78 is 5.82. The Bertz CT molecular complexity index is 1270. The SMILES string of the molecule is CC(C)Oc1cccc(C2/C(=C(/O)c3ccccc3)C(=O)C(=O)N2c2ccc(C#N)cc2)c1. The van der Waals surface area contributed by atoms with Crippen LogP contribution in [-0.4, -0.2) is 22.9 Å². The van der Waals surface area contributed by atoms with Crippen LogP contribution in [0.15, 0.2) is 84.4 Å². The van der Waals surface area contributed by atoms with Gasteiger partial charge in [-0.1, -0.05) is 42.5 Å². The maximum atomic E-state index is 13.2. The van der Waals surface area contributed by atoms with E-state index in [1.807, 2.05) is 19.9 Å². The van der Waals surface area contributed by atoms with Crippen LogP contribution in [-0.2, 0) is 9.59 Å². The van der Waals surface area contributed by atoms with Gasteiger partial charge < -0.3 is 9.84 Å². The van der Waals surface area contributed by atoms with Gasteiger partial charge in [0.2, 0.25) is 0 Å². The predicted molar refractivity (Wildman–Crippen MR) is 125 cm³/mol. The Labute approximate surface area is 192 Å². The van der Waals surface area contributed by atoms with E-state index < -0.39 is 17.7 Å². The lowest BCUT2D eigenvalue weighted by atomic mass is 9.95. The van der Waals surface area contributed by atoms with Crippen LogP contribution >= 0.6 is 0 Å². The van der Waals surface area contributed by atoms with Crippen molar-refractivity contribution in [3.8, 4) is 11.8 Å². The third kappa shape index (κ3) is 4.21. The largest absolute Gasteiger partial charge is 0.507 e. The zero-order valence-electron chi connectivity index (χ0n) is 18.2. The topological polar surface area (TPSA) is 90.6 Å². The van der Waals surface area contributed by atoms with E-state index in [2.05, 4.69) is 0 Å². The van der Waals surface area contributed by atoms with Crippen LogP contribution in [0.1, 0.15) is 36.6 Å². The molecule has 1 amide bonds. The van der Waals surface area contributed by atoms with Crippen molar-refractivity contribution in [2.75, 3.05) is 4.90 Å². The van der Waals surface area contributed by atoms with Crippen LogP contribution in [0.5, 0.6) is 5.75 Å². The van der Waals surface area contributed by atoms with Crippen LogP contribution in [0.25, 0.3) is 5.76 Å². The van der Waals surface area contributed by atoms with Crippen LogP contribution in [0.4, 0.5) is 5.69 Å². The summed E-state index contributed by atoms with van der Waals surface area (Å²) in [6.07, 6.45) is -0.0607. The molecule has 0 spiro atoms. The fraction of sp³-hybridized carbons (Fsp3) is 0.148. The van der Waals surface area contributed by atoms with Gasteiger partial charge in [0.15, 0.2) is 0 Å². The Morgan fingerprint density at radius 3 is 2.33 bits per heavy atom. The first-order chi connectivity index (χ1) is 15.9. The van der Waals surface area contributed by atoms with Crippen molar-refractivity contribution in [2.24, 2.45) is 0 Å². The molecule has 1 aliphatic rings. The molecule has 0 bridgehead atoms. The molecule has 0 aromatic heterocycles. The first-order valence-corrected chi connectivity index (χ1v) is 10.5. The molecule has 1 aliphatic heterocycles. The normalized spacial score (nSPS) is 17.3. The molecule has 3 aromatic carbocycles. The molecule has 1 unspecified atom stereocenters. The first-order valence-electron chi connectivity index (χ1n) is 10.5. The van der Waals surface area contributed by atoms with E-state index in [9.17, 15) is 14.7 Å². The summed E-state index contributed by atoms with van der Waals surface area (Å²) in [6.45, 7) is 3.82. The molecule has 0 radical (unpaired) electrons. The summed E-state index contributed by atoms with van der Waals surface area (Å²) in [5.74, 6) is -1.18. The molecule has 0 saturated carbocycles. The molecule has 1 fully saturated rings. The molecule has 6 heteroatoms. The minimum atomic E-state index is -0.867. The quantitative estimate of drug-likeness (QED) is 0.345. The number of hydrogen-bond donors (Lipinski definition) is 1. The zero-order valence-corrected chi connectivity index (χ0v) is 18.2. The van der Waals surface area contributed by atoms with E-state index in [1.54, 1.807) is 78.9 Å². The first kappa shape index (κ1) is 21.8. The van der Waals surface area contributed by atoms with Gasteiger partial charge >= 0.3 is 0 Å². The minimum absolute atomic E-state index is 0.00254. The Morgan fingerprint density at radius 1 is 1.00 bits per heavy atom. The summed E-state index contributed by atoms with van der Waals surface area (Å²) in [5.41, 5.74) is 1.94. The number of ketones is 1. The second-order valence-electron chi connectivity index (χ2n) is 7.93. The highest BCUT2D eigenvalue weighted by Gasteiger charge is 2.47. The lowest BCUT2D eigenvalue weighted by Crippen LogP contribution is -2.29. The zero-order chi connectivity index (χ0) is 23.5. The van der Waals surface area contributed by atoms with E-state index in [1.165, 1.54) is 4.90 Å². The van der Waals surface area contributed by atoms with Crippen LogP contribution < -0.4 is 9.64 Å². The number of Topliss-reactive ketones (excluding diaryl/α,β-unsaturated/α-hetero) is 1. The molecular weight excluding hydrogens is 416 g/mol. The number of aliphatic hydroxyl groups excluding tert-OH is 1. The number of anilines is 1. The Morgan fingerprint density at radius 2 is 1.70 bits per heavy atom. The maximum Gasteiger partial charge on any atom is 0.300 e. The van der Waals surface area contributed by atoms with E-state index in [-0.39, 0.29) is 17.4 Å². The molecule has 33 heavy (non-hydrogen) atoms. The molecular formula is C27H22N2O4. The van der Waals surface area contributed by atoms with E-state index in [0.717, 1.165) is 0 Å². The highest BCUT2D eigenvalue weighted by Crippen LogP contribution is 2.42. The number of nitriles is 1. The van der Waals surface area contributed by atoms with Crippen molar-refractivity contribution in [3.63, 3.8) is 0 Å². The molecule has 164 valence electrons. The third-order valence-corrected chi connectivity index (χ3v) is 5.31. The number of benzene rings is 3. The van der Waals surface area contributed by atoms with Gasteiger partial charge in [0, 0.05) is 11.3 Å². The standard InChI is InChI=1S/C27H22N2O4/c1-17(2)33-22-10-6-9-20(15-22)24-23(25(30)19-7-4-3-5-8-19)26(31)27(32)29(24)21-13-11-18(16-28)12-14-21/h3-15,17,24,30H,1-2H3/b25-23-. The fourth-order valence-corrected chi connectivity index (χ4v) is 3.89. The van der Waals surface area contributed by atoms with E-state index >= 15 is 0 Å². The molecule has 3 aromatic rings. The summed E-state index contributed by atoms with van der Waals surface area (Å²) in [7, 11) is 0. The van der Waals surface area contributed by atoms with Crippen molar-refractivity contribution in [3.05, 3.63) is 101 Å². The van der Waals surface area contributed by atoms with Gasteiger partial charge in [-0.3, -0.25) is 14.5 Å². The van der Waals surface area contributed by atoms with Crippen LogP contribution in [0.3, 0.4) is 0 Å². The lowest BCUT2D eigenvalue weighted by Gasteiger charge is -2.26. The van der Waals surface area contributed by atoms with Crippen molar-refractivity contribution >= 4 is 23.1 Å². The number of ether oxygens (including phenoxy) is 1. The highest BCUT2D eigenvalue weighted by molar-refractivity contribution is 6.51. The number of amides is 1. The van der Waals surface area contributed by atoms with Crippen LogP contribution in [0.2, 0.25) is 0 Å². The minimum Gasteiger partial charge on any atom is -0.507 e. The molecule has 1 saturated heterocycles. The van der Waals surface area contributed by atoms with Gasteiger partial charge in [0.05, 0.1) is 29.4 Å². The Balaban J connectivity index is 1.92. The monoisotopic (exact) mass is 438 g/mol. The smallest absolute Gasteiger partial charge is 0.300 e. The number of rotatable bonds is 5. The summed E-state index contributed by atoms with van der Waals surface area (Å²) in [5, 5.41) is 20.2. The Hall–Kier alpha value is -4.37. The molecule has 4 rings (SSSR count). The van der Waals surface area contributed by atoms with Gasteiger partial charge in [-0.25, -0.2) is 0 Å². The van der Waals surface area contributed by atoms with Gasteiger partial charge in [-0.05, 0) is 55.8 Å². The van der Waals surface area contributed by atoms with Gasteiger partial charge in [-0.2, -0.15) is 5.26 Å². The van der Waals surface area contributed by atoms with Gasteiger partial charge in [0.25, 0.3) is 11.7 Å². The summed E-state index contributed by atoms with van der Waals surface area (Å²) >= 11 is 0. The summed E-state index contributed by atoms with van der Waals surface area (Å²) in [6, 6.07) is 23.4. The molecule has 0 aliphatic carbocycles. The maximum absolute atomic E-state index is 13.2. The third-order valence-electron chi connectivity index (χ3n) is 5.31. The van der Waals surface area contributed by atoms with Crippen molar-refractivity contribution < 1.29 is 19.4 Å². The second-order valence-corrected chi connectivity index (χ2v) is 7.93.